The molecule has 0 spiro atoms. The van der Waals surface area contributed by atoms with Gasteiger partial charge in [0.15, 0.2) is 0 Å². The van der Waals surface area contributed by atoms with Gasteiger partial charge < -0.3 is 9.64 Å². The number of hydrogen-bond donors (Lipinski definition) is 0. The number of aromatic nitrogens is 1. The quantitative estimate of drug-likeness (QED) is 0.689. The molecule has 0 saturated heterocycles. The maximum absolute atomic E-state index is 13.7. The van der Waals surface area contributed by atoms with E-state index >= 15 is 0 Å². The Morgan fingerprint density at radius 1 is 1.11 bits per heavy atom. The molecule has 27 heavy (non-hydrogen) atoms. The molecule has 5 rings (SSSR count). The highest BCUT2D eigenvalue weighted by Crippen LogP contribution is 2.60. The number of ether oxygens (including phenoxy) is 1. The summed E-state index contributed by atoms with van der Waals surface area (Å²) in [5, 5.41) is 0. The van der Waals surface area contributed by atoms with Gasteiger partial charge in [0.05, 0.1) is 18.4 Å². The van der Waals surface area contributed by atoms with Crippen molar-refractivity contribution in [2.24, 2.45) is 23.2 Å². The van der Waals surface area contributed by atoms with E-state index in [1.54, 1.807) is 12.4 Å². The molecule has 4 saturated carbocycles. The third-order valence-corrected chi connectivity index (χ3v) is 6.79. The number of rotatable bonds is 7. The van der Waals surface area contributed by atoms with Crippen molar-refractivity contribution in [3.63, 3.8) is 0 Å². The fraction of sp³-hybridized carbons (Fsp3) is 0.682. The smallest absolute Gasteiger partial charge is 0.307 e. The van der Waals surface area contributed by atoms with E-state index in [1.807, 2.05) is 24.0 Å². The monoisotopic (exact) mass is 370 g/mol. The highest BCUT2D eigenvalue weighted by molar-refractivity contribution is 5.84. The maximum atomic E-state index is 13.7. The predicted molar refractivity (Wildman–Crippen MR) is 102 cm³/mol. The zero-order valence-corrected chi connectivity index (χ0v) is 16.2. The summed E-state index contributed by atoms with van der Waals surface area (Å²) in [7, 11) is 0. The van der Waals surface area contributed by atoms with Crippen LogP contribution < -0.4 is 0 Å². The molecule has 1 aromatic heterocycles. The van der Waals surface area contributed by atoms with Crippen LogP contribution in [0.25, 0.3) is 0 Å². The molecule has 4 aliphatic rings. The van der Waals surface area contributed by atoms with E-state index < -0.39 is 0 Å². The lowest BCUT2D eigenvalue weighted by atomic mass is 9.49. The second kappa shape index (κ2) is 7.61. The van der Waals surface area contributed by atoms with Crippen molar-refractivity contribution in [3.05, 3.63) is 30.1 Å². The molecule has 1 aromatic rings. The molecule has 5 heteroatoms. The van der Waals surface area contributed by atoms with Crippen LogP contribution in [-0.4, -0.2) is 34.9 Å². The van der Waals surface area contributed by atoms with Crippen molar-refractivity contribution in [2.45, 2.75) is 58.4 Å². The molecule has 5 nitrogen and oxygen atoms in total. The van der Waals surface area contributed by atoms with Crippen molar-refractivity contribution >= 4 is 11.9 Å². The van der Waals surface area contributed by atoms with Crippen molar-refractivity contribution < 1.29 is 14.3 Å². The number of carbonyl (C=O) groups is 2. The molecule has 0 atom stereocenters. The van der Waals surface area contributed by atoms with Crippen LogP contribution >= 0.6 is 0 Å². The van der Waals surface area contributed by atoms with Gasteiger partial charge in [0, 0.05) is 25.5 Å². The summed E-state index contributed by atoms with van der Waals surface area (Å²) in [6, 6.07) is 3.90. The van der Waals surface area contributed by atoms with Gasteiger partial charge in [0.25, 0.3) is 0 Å². The van der Waals surface area contributed by atoms with Gasteiger partial charge in [-0.1, -0.05) is 0 Å². The second-order valence-corrected chi connectivity index (χ2v) is 8.84. The summed E-state index contributed by atoms with van der Waals surface area (Å²) in [5.41, 5.74) is 0.878. The van der Waals surface area contributed by atoms with E-state index in [0.717, 1.165) is 42.6 Å². The van der Waals surface area contributed by atoms with Gasteiger partial charge in [-0.3, -0.25) is 14.6 Å². The van der Waals surface area contributed by atoms with Crippen LogP contribution in [0.4, 0.5) is 0 Å². The van der Waals surface area contributed by atoms with Crippen LogP contribution in [0, 0.1) is 23.2 Å². The van der Waals surface area contributed by atoms with E-state index in [-0.39, 0.29) is 23.7 Å². The van der Waals surface area contributed by atoms with Gasteiger partial charge in [0.1, 0.15) is 0 Å². The normalized spacial score (nSPS) is 30.9. The number of hydrogen-bond acceptors (Lipinski definition) is 4. The highest BCUT2D eigenvalue weighted by Gasteiger charge is 2.55. The predicted octanol–water partition coefficient (Wildman–Crippen LogP) is 3.58. The molecule has 0 unspecified atom stereocenters. The number of amides is 1. The average Bonchev–Trinajstić information content (AvgIpc) is 2.64. The summed E-state index contributed by atoms with van der Waals surface area (Å²) < 4.78 is 5.08. The molecule has 4 aliphatic carbocycles. The molecular weight excluding hydrogens is 340 g/mol. The zero-order valence-electron chi connectivity index (χ0n) is 16.2. The van der Waals surface area contributed by atoms with Crippen molar-refractivity contribution in [1.82, 2.24) is 9.88 Å². The van der Waals surface area contributed by atoms with Gasteiger partial charge in [-0.05, 0) is 80.9 Å². The average molecular weight is 370 g/mol. The topological polar surface area (TPSA) is 59.5 Å². The summed E-state index contributed by atoms with van der Waals surface area (Å²) in [5.74, 6) is 2.23. The number of pyridine rings is 1. The molecule has 4 fully saturated rings. The summed E-state index contributed by atoms with van der Waals surface area (Å²) in [6.45, 7) is 3.17. The van der Waals surface area contributed by atoms with Crippen molar-refractivity contribution in [1.29, 1.82) is 0 Å². The van der Waals surface area contributed by atoms with Crippen molar-refractivity contribution in [3.8, 4) is 0 Å². The number of esters is 1. The zero-order chi connectivity index (χ0) is 18.9. The molecule has 0 aromatic carbocycles. The molecule has 1 amide bonds. The lowest BCUT2D eigenvalue weighted by Crippen LogP contribution is -2.54. The molecule has 146 valence electrons. The van der Waals surface area contributed by atoms with Crippen molar-refractivity contribution in [2.75, 3.05) is 13.2 Å². The SMILES string of the molecule is CCOC(=O)CCN(Cc1ccncc1)C(=O)C12CC3CC(CC(C3)C1)C2. The van der Waals surface area contributed by atoms with Crippen LogP contribution in [0.2, 0.25) is 0 Å². The second-order valence-electron chi connectivity index (χ2n) is 8.84. The molecule has 0 N–H and O–H groups in total. The first kappa shape index (κ1) is 18.5. The Hall–Kier alpha value is -1.91. The summed E-state index contributed by atoms with van der Waals surface area (Å²) in [4.78, 5) is 31.6. The largest absolute Gasteiger partial charge is 0.466 e. The van der Waals surface area contributed by atoms with Crippen LogP contribution in [0.3, 0.4) is 0 Å². The molecule has 0 radical (unpaired) electrons. The van der Waals surface area contributed by atoms with Crippen LogP contribution in [-0.2, 0) is 20.9 Å². The Morgan fingerprint density at radius 3 is 2.26 bits per heavy atom. The lowest BCUT2D eigenvalue weighted by molar-refractivity contribution is -0.159. The standard InChI is InChI=1S/C22H30N2O3/c1-2-27-20(25)5-8-24(15-16-3-6-23-7-4-16)21(26)22-12-17-9-18(13-22)11-19(10-17)14-22/h3-4,6-7,17-19H,2,5,8-15H2,1H3. The van der Waals surface area contributed by atoms with Gasteiger partial charge >= 0.3 is 5.97 Å². The van der Waals surface area contributed by atoms with E-state index in [9.17, 15) is 9.59 Å². The van der Waals surface area contributed by atoms with E-state index in [2.05, 4.69) is 4.98 Å². The summed E-state index contributed by atoms with van der Waals surface area (Å²) in [6.07, 6.45) is 10.9. The fourth-order valence-electron chi connectivity index (χ4n) is 6.13. The van der Waals surface area contributed by atoms with E-state index in [1.165, 1.54) is 19.3 Å². The lowest BCUT2D eigenvalue weighted by Gasteiger charge is -2.56. The Bertz CT molecular complexity index is 653. The van der Waals surface area contributed by atoms with Gasteiger partial charge in [-0.15, -0.1) is 0 Å². The van der Waals surface area contributed by atoms with Crippen LogP contribution in [0.5, 0.6) is 0 Å². The first-order chi connectivity index (χ1) is 13.1. The van der Waals surface area contributed by atoms with E-state index in [4.69, 9.17) is 4.74 Å². The third-order valence-electron chi connectivity index (χ3n) is 6.79. The third kappa shape index (κ3) is 3.87. The minimum atomic E-state index is -0.226. The Kier molecular flexibility index (Phi) is 5.20. The number of carbonyl (C=O) groups excluding carboxylic acids is 2. The molecule has 4 bridgehead atoms. The van der Waals surface area contributed by atoms with Crippen LogP contribution in [0.15, 0.2) is 24.5 Å². The molecule has 1 heterocycles. The van der Waals surface area contributed by atoms with Crippen LogP contribution in [0.1, 0.15) is 57.4 Å². The minimum Gasteiger partial charge on any atom is -0.466 e. The molecule has 0 aliphatic heterocycles. The Balaban J connectivity index is 1.52. The molecular formula is C22H30N2O3. The fourth-order valence-corrected chi connectivity index (χ4v) is 6.13. The Morgan fingerprint density at radius 2 is 1.70 bits per heavy atom. The van der Waals surface area contributed by atoms with Gasteiger partial charge in [-0.2, -0.15) is 0 Å². The van der Waals surface area contributed by atoms with Gasteiger partial charge in [0.2, 0.25) is 5.91 Å². The maximum Gasteiger partial charge on any atom is 0.307 e. The van der Waals surface area contributed by atoms with E-state index in [0.29, 0.717) is 19.7 Å². The first-order valence-electron chi connectivity index (χ1n) is 10.4. The highest BCUT2D eigenvalue weighted by atomic mass is 16.5. The number of nitrogens with zero attached hydrogens (tertiary/aromatic N) is 2. The minimum absolute atomic E-state index is 0.184. The van der Waals surface area contributed by atoms with Gasteiger partial charge in [-0.25, -0.2) is 0 Å². The Labute approximate surface area is 161 Å². The summed E-state index contributed by atoms with van der Waals surface area (Å²) >= 11 is 0. The first-order valence-corrected chi connectivity index (χ1v) is 10.4.